The molecule has 0 aromatic rings. The summed E-state index contributed by atoms with van der Waals surface area (Å²) in [4.78, 5) is 0. The van der Waals surface area contributed by atoms with Crippen molar-refractivity contribution in [1.29, 1.82) is 0 Å². The number of hydrogen-bond donors (Lipinski definition) is 0. The first-order valence-corrected chi connectivity index (χ1v) is 4.15. The van der Waals surface area contributed by atoms with E-state index < -0.39 is 6.17 Å². The van der Waals surface area contributed by atoms with Crippen LogP contribution >= 0.6 is 9.24 Å². The third-order valence-electron chi connectivity index (χ3n) is 1.52. The molecule has 0 aliphatic carbocycles. The predicted octanol–water partition coefficient (Wildman–Crippen LogP) is 2.63. The molecule has 0 amide bonds. The van der Waals surface area contributed by atoms with Crippen molar-refractivity contribution in [1.82, 2.24) is 0 Å². The fraction of sp³-hybridized carbons (Fsp3) is 1.00. The van der Waals surface area contributed by atoms with E-state index in [2.05, 4.69) is 9.24 Å². The SMILES string of the molecule is CC[C@H](P)[C@H](F)C(C)C. The lowest BCUT2D eigenvalue weighted by Crippen LogP contribution is -2.20. The van der Waals surface area contributed by atoms with E-state index in [0.29, 0.717) is 0 Å². The highest BCUT2D eigenvalue weighted by atomic mass is 31.0. The normalized spacial score (nSPS) is 18.0. The molecule has 0 aliphatic rings. The first-order chi connectivity index (χ1) is 4.09. The minimum Gasteiger partial charge on any atom is -0.247 e. The number of hydrogen-bond acceptors (Lipinski definition) is 0. The van der Waals surface area contributed by atoms with Crippen LogP contribution in [-0.2, 0) is 0 Å². The van der Waals surface area contributed by atoms with Gasteiger partial charge in [0, 0.05) is 5.66 Å². The van der Waals surface area contributed by atoms with Crippen molar-refractivity contribution in [2.45, 2.75) is 39.0 Å². The summed E-state index contributed by atoms with van der Waals surface area (Å²) in [6.07, 6.45) is 0.254. The van der Waals surface area contributed by atoms with E-state index >= 15 is 0 Å². The summed E-state index contributed by atoms with van der Waals surface area (Å²) in [5.74, 6) is 0.160. The Bertz CT molecular complexity index is 73.3. The summed E-state index contributed by atoms with van der Waals surface area (Å²) >= 11 is 0. The maximum Gasteiger partial charge on any atom is 0.109 e. The maximum absolute atomic E-state index is 12.9. The van der Waals surface area contributed by atoms with E-state index in [1.165, 1.54) is 0 Å². The van der Waals surface area contributed by atoms with E-state index in [0.717, 1.165) is 6.42 Å². The summed E-state index contributed by atoms with van der Waals surface area (Å²) < 4.78 is 12.9. The molecule has 0 saturated carbocycles. The van der Waals surface area contributed by atoms with E-state index in [1.54, 1.807) is 0 Å². The number of halogens is 1. The van der Waals surface area contributed by atoms with Crippen LogP contribution in [0.2, 0.25) is 0 Å². The Morgan fingerprint density at radius 3 is 2.00 bits per heavy atom. The molecule has 0 nitrogen and oxygen atoms in total. The fourth-order valence-electron chi connectivity index (χ4n) is 0.720. The van der Waals surface area contributed by atoms with Crippen LogP contribution in [0.15, 0.2) is 0 Å². The van der Waals surface area contributed by atoms with Crippen molar-refractivity contribution < 1.29 is 4.39 Å². The number of rotatable bonds is 3. The van der Waals surface area contributed by atoms with Crippen LogP contribution in [0.5, 0.6) is 0 Å². The van der Waals surface area contributed by atoms with Gasteiger partial charge in [-0.2, -0.15) is 0 Å². The second-order valence-corrected chi connectivity index (χ2v) is 3.62. The molecule has 0 fully saturated rings. The van der Waals surface area contributed by atoms with Crippen molar-refractivity contribution in [2.75, 3.05) is 0 Å². The minimum absolute atomic E-state index is 0.144. The van der Waals surface area contributed by atoms with Gasteiger partial charge in [-0.25, -0.2) is 4.39 Å². The van der Waals surface area contributed by atoms with Crippen molar-refractivity contribution in [2.24, 2.45) is 5.92 Å². The molecular formula is C7H16FP. The van der Waals surface area contributed by atoms with Gasteiger partial charge < -0.3 is 0 Å². The quantitative estimate of drug-likeness (QED) is 0.542. The zero-order chi connectivity index (χ0) is 7.44. The standard InChI is InChI=1S/C7H16FP/c1-4-6(9)7(8)5(2)3/h5-7H,4,9H2,1-3H3/t6-,7+/m0/s1. The summed E-state index contributed by atoms with van der Waals surface area (Å²) in [5, 5.41) is 0. The molecule has 0 aromatic carbocycles. The van der Waals surface area contributed by atoms with E-state index in [1.807, 2.05) is 20.8 Å². The van der Waals surface area contributed by atoms with Crippen LogP contribution < -0.4 is 0 Å². The Kier molecular flexibility index (Phi) is 4.39. The van der Waals surface area contributed by atoms with Gasteiger partial charge in [0.2, 0.25) is 0 Å². The van der Waals surface area contributed by atoms with Crippen molar-refractivity contribution >= 4 is 9.24 Å². The summed E-state index contributed by atoms with van der Waals surface area (Å²) in [5.41, 5.74) is 0.144. The molecule has 0 spiro atoms. The van der Waals surface area contributed by atoms with Crippen LogP contribution in [0.4, 0.5) is 4.39 Å². The summed E-state index contributed by atoms with van der Waals surface area (Å²) in [6, 6.07) is 0. The molecule has 1 unspecified atom stereocenters. The third-order valence-corrected chi connectivity index (χ3v) is 2.36. The first-order valence-electron chi connectivity index (χ1n) is 3.49. The largest absolute Gasteiger partial charge is 0.247 e. The van der Waals surface area contributed by atoms with Gasteiger partial charge in [0.1, 0.15) is 6.17 Å². The average Bonchev–Trinajstić information content (AvgIpc) is 1.84. The Morgan fingerprint density at radius 1 is 1.44 bits per heavy atom. The minimum atomic E-state index is -0.653. The molecule has 0 aromatic heterocycles. The molecule has 0 saturated heterocycles. The molecule has 0 rings (SSSR count). The van der Waals surface area contributed by atoms with Crippen LogP contribution in [0.1, 0.15) is 27.2 Å². The molecule has 2 heteroatoms. The van der Waals surface area contributed by atoms with Gasteiger partial charge in [-0.3, -0.25) is 0 Å². The highest BCUT2D eigenvalue weighted by Gasteiger charge is 2.17. The Morgan fingerprint density at radius 2 is 1.89 bits per heavy atom. The van der Waals surface area contributed by atoms with Crippen molar-refractivity contribution in [3.63, 3.8) is 0 Å². The monoisotopic (exact) mass is 150 g/mol. The van der Waals surface area contributed by atoms with Crippen LogP contribution in [0, 0.1) is 5.92 Å². The molecular weight excluding hydrogens is 134 g/mol. The van der Waals surface area contributed by atoms with Gasteiger partial charge in [-0.15, -0.1) is 9.24 Å². The van der Waals surface area contributed by atoms with Gasteiger partial charge in [-0.05, 0) is 12.3 Å². The average molecular weight is 150 g/mol. The zero-order valence-electron chi connectivity index (χ0n) is 6.39. The molecule has 9 heavy (non-hydrogen) atoms. The van der Waals surface area contributed by atoms with Gasteiger partial charge in [0.15, 0.2) is 0 Å². The molecule has 0 N–H and O–H groups in total. The Balaban J connectivity index is 3.58. The first kappa shape index (κ1) is 9.36. The van der Waals surface area contributed by atoms with Gasteiger partial charge in [0.25, 0.3) is 0 Å². The second-order valence-electron chi connectivity index (χ2n) is 2.76. The van der Waals surface area contributed by atoms with Crippen LogP contribution in [0.3, 0.4) is 0 Å². The van der Waals surface area contributed by atoms with Crippen molar-refractivity contribution in [3.8, 4) is 0 Å². The van der Waals surface area contributed by atoms with Crippen LogP contribution in [0.25, 0.3) is 0 Å². The summed E-state index contributed by atoms with van der Waals surface area (Å²) in [6.45, 7) is 5.83. The van der Waals surface area contributed by atoms with E-state index in [-0.39, 0.29) is 11.6 Å². The molecule has 0 bridgehead atoms. The Hall–Kier alpha value is 0.360. The maximum atomic E-state index is 12.9. The third kappa shape index (κ3) is 3.15. The molecule has 56 valence electrons. The molecule has 0 radical (unpaired) electrons. The lowest BCUT2D eigenvalue weighted by molar-refractivity contribution is 0.246. The Labute approximate surface area is 59.4 Å². The van der Waals surface area contributed by atoms with Gasteiger partial charge >= 0.3 is 0 Å². The number of alkyl halides is 1. The predicted molar refractivity (Wildman–Crippen MR) is 43.5 cm³/mol. The lowest BCUT2D eigenvalue weighted by Gasteiger charge is -2.17. The topological polar surface area (TPSA) is 0 Å². The van der Waals surface area contributed by atoms with Gasteiger partial charge in [-0.1, -0.05) is 20.8 Å². The van der Waals surface area contributed by atoms with Crippen LogP contribution in [-0.4, -0.2) is 11.8 Å². The van der Waals surface area contributed by atoms with E-state index in [4.69, 9.17) is 0 Å². The molecule has 0 heterocycles. The molecule has 0 aliphatic heterocycles. The summed E-state index contributed by atoms with van der Waals surface area (Å²) in [7, 11) is 2.54. The van der Waals surface area contributed by atoms with Crippen molar-refractivity contribution in [3.05, 3.63) is 0 Å². The zero-order valence-corrected chi connectivity index (χ0v) is 7.55. The lowest BCUT2D eigenvalue weighted by atomic mass is 10.0. The van der Waals surface area contributed by atoms with E-state index in [9.17, 15) is 4.39 Å². The highest BCUT2D eigenvalue weighted by Crippen LogP contribution is 2.19. The smallest absolute Gasteiger partial charge is 0.109 e. The molecule has 3 atom stereocenters. The second kappa shape index (κ2) is 4.22. The fourth-order valence-corrected chi connectivity index (χ4v) is 1.16. The van der Waals surface area contributed by atoms with Gasteiger partial charge in [0.05, 0.1) is 0 Å². The highest BCUT2D eigenvalue weighted by molar-refractivity contribution is 7.17.